The van der Waals surface area contributed by atoms with Gasteiger partial charge in [-0.2, -0.15) is 0 Å². The Kier molecular flexibility index (Phi) is 5.44. The molecule has 0 aliphatic rings. The molecule has 0 radical (unpaired) electrons. The Bertz CT molecular complexity index is 1080. The fourth-order valence-electron chi connectivity index (χ4n) is 3.06. The van der Waals surface area contributed by atoms with Crippen molar-refractivity contribution in [1.82, 2.24) is 4.98 Å². The molecule has 0 saturated carbocycles. The Morgan fingerprint density at radius 1 is 0.929 bits per heavy atom. The van der Waals surface area contributed by atoms with Crippen LogP contribution < -0.4 is 4.90 Å². The minimum atomic E-state index is -0.298. The Morgan fingerprint density at radius 3 is 2.32 bits per heavy atom. The largest absolute Gasteiger partial charge is 0.284 e. The number of nitrogens with zero attached hydrogens (tertiary/aromatic N) is 2. The summed E-state index contributed by atoms with van der Waals surface area (Å²) >= 11 is 1.34. The number of rotatable bonds is 6. The molecule has 0 fully saturated rings. The van der Waals surface area contributed by atoms with Crippen LogP contribution in [0.25, 0.3) is 10.2 Å². The Morgan fingerprint density at radius 2 is 1.61 bits per heavy atom. The maximum absolute atomic E-state index is 13.6. The molecule has 28 heavy (non-hydrogen) atoms. The molecular weight excluding hydrogens is 371 g/mol. The summed E-state index contributed by atoms with van der Waals surface area (Å²) in [5, 5.41) is 0.600. The number of aromatic nitrogens is 1. The van der Waals surface area contributed by atoms with Crippen molar-refractivity contribution >= 4 is 32.6 Å². The SMILES string of the molecule is O=C(CCc1ccccc1)N(Cc1ccccc1)c1nc2ccc(F)cc2s1. The number of fused-ring (bicyclic) bond motifs is 1. The monoisotopic (exact) mass is 390 g/mol. The van der Waals surface area contributed by atoms with Gasteiger partial charge in [-0.1, -0.05) is 72.0 Å². The van der Waals surface area contributed by atoms with E-state index in [1.54, 1.807) is 11.0 Å². The third kappa shape index (κ3) is 4.26. The number of benzene rings is 3. The molecule has 3 aromatic carbocycles. The van der Waals surface area contributed by atoms with Gasteiger partial charge in [0, 0.05) is 6.42 Å². The zero-order chi connectivity index (χ0) is 19.3. The number of halogens is 1. The summed E-state index contributed by atoms with van der Waals surface area (Å²) in [6.07, 6.45) is 1.06. The molecule has 1 heterocycles. The van der Waals surface area contributed by atoms with Gasteiger partial charge < -0.3 is 0 Å². The van der Waals surface area contributed by atoms with Gasteiger partial charge in [0.05, 0.1) is 16.8 Å². The van der Waals surface area contributed by atoms with Gasteiger partial charge in [0.25, 0.3) is 0 Å². The fourth-order valence-corrected chi connectivity index (χ4v) is 4.07. The van der Waals surface area contributed by atoms with E-state index in [-0.39, 0.29) is 11.7 Å². The molecule has 0 N–H and O–H groups in total. The summed E-state index contributed by atoms with van der Waals surface area (Å²) in [6.45, 7) is 0.441. The van der Waals surface area contributed by atoms with E-state index in [9.17, 15) is 9.18 Å². The molecular formula is C23H19FN2OS. The lowest BCUT2D eigenvalue weighted by atomic mass is 10.1. The number of carbonyl (C=O) groups excluding carboxylic acids is 1. The first kappa shape index (κ1) is 18.3. The predicted octanol–water partition coefficient (Wildman–Crippen LogP) is 5.60. The molecule has 140 valence electrons. The molecule has 0 saturated heterocycles. The van der Waals surface area contributed by atoms with E-state index in [1.165, 1.54) is 23.5 Å². The Labute approximate surface area is 167 Å². The molecule has 1 amide bonds. The highest BCUT2D eigenvalue weighted by Crippen LogP contribution is 2.31. The number of hydrogen-bond donors (Lipinski definition) is 0. The molecule has 5 heteroatoms. The Hall–Kier alpha value is -3.05. The van der Waals surface area contributed by atoms with Gasteiger partial charge in [0.1, 0.15) is 5.82 Å². The second-order valence-electron chi connectivity index (χ2n) is 6.56. The molecule has 0 bridgehead atoms. The fraction of sp³-hybridized carbons (Fsp3) is 0.130. The highest BCUT2D eigenvalue weighted by Gasteiger charge is 2.20. The topological polar surface area (TPSA) is 33.2 Å². The smallest absolute Gasteiger partial charge is 0.229 e. The summed E-state index contributed by atoms with van der Waals surface area (Å²) in [5.41, 5.74) is 2.86. The number of anilines is 1. The van der Waals surface area contributed by atoms with Crippen LogP contribution in [0.5, 0.6) is 0 Å². The van der Waals surface area contributed by atoms with Gasteiger partial charge >= 0.3 is 0 Å². The maximum atomic E-state index is 13.6. The van der Waals surface area contributed by atoms with Crippen LogP contribution >= 0.6 is 11.3 Å². The van der Waals surface area contributed by atoms with Crippen LogP contribution in [0.4, 0.5) is 9.52 Å². The minimum Gasteiger partial charge on any atom is -0.284 e. The van der Waals surface area contributed by atoms with Crippen molar-refractivity contribution < 1.29 is 9.18 Å². The molecule has 1 aromatic heterocycles. The van der Waals surface area contributed by atoms with Crippen LogP contribution in [0.1, 0.15) is 17.5 Å². The number of hydrogen-bond acceptors (Lipinski definition) is 3. The number of carbonyl (C=O) groups is 1. The van der Waals surface area contributed by atoms with E-state index >= 15 is 0 Å². The van der Waals surface area contributed by atoms with Crippen molar-refractivity contribution in [1.29, 1.82) is 0 Å². The average molecular weight is 390 g/mol. The van der Waals surface area contributed by atoms with E-state index in [0.29, 0.717) is 30.0 Å². The zero-order valence-corrected chi connectivity index (χ0v) is 16.0. The average Bonchev–Trinajstić information content (AvgIpc) is 3.14. The van der Waals surface area contributed by atoms with E-state index in [1.807, 2.05) is 60.7 Å². The van der Waals surface area contributed by atoms with Crippen molar-refractivity contribution in [2.45, 2.75) is 19.4 Å². The number of amides is 1. The molecule has 3 nitrogen and oxygen atoms in total. The third-order valence-corrected chi connectivity index (χ3v) is 5.57. The van der Waals surface area contributed by atoms with Crippen molar-refractivity contribution in [3.8, 4) is 0 Å². The summed E-state index contributed by atoms with van der Waals surface area (Å²) in [5.74, 6) is -0.292. The molecule has 4 rings (SSSR count). The molecule has 0 atom stereocenters. The van der Waals surface area contributed by atoms with E-state index in [0.717, 1.165) is 15.8 Å². The maximum Gasteiger partial charge on any atom is 0.229 e. The van der Waals surface area contributed by atoms with Crippen molar-refractivity contribution in [3.05, 3.63) is 95.8 Å². The van der Waals surface area contributed by atoms with Crippen molar-refractivity contribution in [3.63, 3.8) is 0 Å². The second-order valence-corrected chi connectivity index (χ2v) is 7.57. The van der Waals surface area contributed by atoms with Gasteiger partial charge in [-0.25, -0.2) is 9.37 Å². The van der Waals surface area contributed by atoms with Crippen LogP contribution in [0.2, 0.25) is 0 Å². The Balaban J connectivity index is 1.61. The van der Waals surface area contributed by atoms with Gasteiger partial charge in [0.15, 0.2) is 5.13 Å². The van der Waals surface area contributed by atoms with Crippen LogP contribution in [0.15, 0.2) is 78.9 Å². The highest BCUT2D eigenvalue weighted by atomic mass is 32.1. The molecule has 0 unspecified atom stereocenters. The van der Waals surface area contributed by atoms with E-state index in [4.69, 9.17) is 0 Å². The third-order valence-electron chi connectivity index (χ3n) is 4.53. The number of aryl methyl sites for hydroxylation is 1. The van der Waals surface area contributed by atoms with Crippen LogP contribution in [-0.4, -0.2) is 10.9 Å². The zero-order valence-electron chi connectivity index (χ0n) is 15.2. The van der Waals surface area contributed by atoms with E-state index < -0.39 is 0 Å². The van der Waals surface area contributed by atoms with Gasteiger partial charge in [-0.3, -0.25) is 9.69 Å². The van der Waals surface area contributed by atoms with Crippen LogP contribution in [0.3, 0.4) is 0 Å². The van der Waals surface area contributed by atoms with Crippen LogP contribution in [0, 0.1) is 5.82 Å². The standard InChI is InChI=1S/C23H19FN2OS/c24-19-12-13-20-21(15-19)28-23(25-20)26(16-18-9-5-2-6-10-18)22(27)14-11-17-7-3-1-4-8-17/h1-10,12-13,15H,11,14,16H2. The predicted molar refractivity (Wildman–Crippen MR) is 112 cm³/mol. The summed E-state index contributed by atoms with van der Waals surface area (Å²) in [6, 6.07) is 24.3. The first-order valence-electron chi connectivity index (χ1n) is 9.13. The molecule has 0 aliphatic heterocycles. The summed E-state index contributed by atoms with van der Waals surface area (Å²) in [7, 11) is 0. The minimum absolute atomic E-state index is 0.00670. The second kappa shape index (κ2) is 8.31. The van der Waals surface area contributed by atoms with Crippen LogP contribution in [-0.2, 0) is 17.8 Å². The molecule has 0 spiro atoms. The summed E-state index contributed by atoms with van der Waals surface area (Å²) < 4.78 is 14.3. The number of thiazole rings is 1. The lowest BCUT2D eigenvalue weighted by Crippen LogP contribution is -2.30. The lowest BCUT2D eigenvalue weighted by molar-refractivity contribution is -0.118. The highest BCUT2D eigenvalue weighted by molar-refractivity contribution is 7.22. The lowest BCUT2D eigenvalue weighted by Gasteiger charge is -2.20. The first-order chi connectivity index (χ1) is 13.7. The van der Waals surface area contributed by atoms with Gasteiger partial charge in [0.2, 0.25) is 5.91 Å². The van der Waals surface area contributed by atoms with Crippen molar-refractivity contribution in [2.75, 3.05) is 4.90 Å². The van der Waals surface area contributed by atoms with Crippen molar-refractivity contribution in [2.24, 2.45) is 0 Å². The van der Waals surface area contributed by atoms with Gasteiger partial charge in [-0.15, -0.1) is 0 Å². The first-order valence-corrected chi connectivity index (χ1v) is 9.95. The quantitative estimate of drug-likeness (QED) is 0.429. The molecule has 0 aliphatic carbocycles. The summed E-state index contributed by atoms with van der Waals surface area (Å²) in [4.78, 5) is 19.4. The van der Waals surface area contributed by atoms with E-state index in [2.05, 4.69) is 4.98 Å². The van der Waals surface area contributed by atoms with Gasteiger partial charge in [-0.05, 0) is 35.7 Å². The molecule has 4 aromatic rings. The normalized spacial score (nSPS) is 10.9.